The summed E-state index contributed by atoms with van der Waals surface area (Å²) in [6.45, 7) is 5.39. The summed E-state index contributed by atoms with van der Waals surface area (Å²) >= 11 is 0. The third kappa shape index (κ3) is 5.17. The lowest BCUT2D eigenvalue weighted by atomic mass is 9.96. The summed E-state index contributed by atoms with van der Waals surface area (Å²) in [6, 6.07) is 17.6. The third-order valence-corrected chi connectivity index (χ3v) is 4.38. The molecule has 0 fully saturated rings. The minimum atomic E-state index is -0.996. The minimum Gasteiger partial charge on any atom is -0.384 e. The van der Waals surface area contributed by atoms with E-state index in [9.17, 15) is 5.11 Å². The van der Waals surface area contributed by atoms with E-state index < -0.39 is 5.60 Å². The highest BCUT2D eigenvalue weighted by Gasteiger charge is 2.22. The smallest absolute Gasteiger partial charge is 0.191 e. The standard InChI is InChI=1S/C21H26N6O/c1-3-22-20(24-14-21(2,28)18-10-5-4-6-11-18)23-13-16-8-7-9-17(12-16)19-25-15-26-27-19/h4-12,15,28H,3,13-14H2,1-2H3,(H2,22,23,24)(H,25,26,27). The van der Waals surface area contributed by atoms with Crippen molar-refractivity contribution in [3.8, 4) is 11.4 Å². The molecule has 1 unspecified atom stereocenters. The van der Waals surface area contributed by atoms with E-state index in [-0.39, 0.29) is 0 Å². The molecule has 0 spiro atoms. The second-order valence-electron chi connectivity index (χ2n) is 6.72. The van der Waals surface area contributed by atoms with Gasteiger partial charge in [-0.05, 0) is 31.0 Å². The Morgan fingerprint density at radius 1 is 1.14 bits per heavy atom. The Bertz CT molecular complexity index is 890. The van der Waals surface area contributed by atoms with Gasteiger partial charge in [0.15, 0.2) is 11.8 Å². The highest BCUT2D eigenvalue weighted by Crippen LogP contribution is 2.19. The van der Waals surface area contributed by atoms with Gasteiger partial charge in [-0.1, -0.05) is 48.5 Å². The number of aromatic amines is 1. The van der Waals surface area contributed by atoms with E-state index in [1.807, 2.05) is 61.5 Å². The average Bonchev–Trinajstić information content (AvgIpc) is 3.26. The van der Waals surface area contributed by atoms with Crippen LogP contribution >= 0.6 is 0 Å². The molecule has 0 amide bonds. The number of aromatic nitrogens is 3. The van der Waals surface area contributed by atoms with E-state index >= 15 is 0 Å². The predicted octanol–water partition coefficient (Wildman–Crippen LogP) is 2.43. The fourth-order valence-corrected chi connectivity index (χ4v) is 2.83. The molecule has 3 rings (SSSR count). The van der Waals surface area contributed by atoms with Crippen molar-refractivity contribution in [2.45, 2.75) is 26.0 Å². The molecular formula is C21H26N6O. The van der Waals surface area contributed by atoms with Crippen LogP contribution in [-0.2, 0) is 12.1 Å². The Labute approximate surface area is 165 Å². The van der Waals surface area contributed by atoms with Crippen molar-refractivity contribution in [1.29, 1.82) is 0 Å². The lowest BCUT2D eigenvalue weighted by molar-refractivity contribution is 0.0617. The number of benzene rings is 2. The molecule has 7 nitrogen and oxygen atoms in total. The number of hydrogen-bond donors (Lipinski definition) is 4. The highest BCUT2D eigenvalue weighted by molar-refractivity contribution is 5.79. The van der Waals surface area contributed by atoms with Crippen LogP contribution in [0.1, 0.15) is 25.0 Å². The normalized spacial score (nSPS) is 13.8. The van der Waals surface area contributed by atoms with Gasteiger partial charge in [-0.2, -0.15) is 5.10 Å². The molecule has 4 N–H and O–H groups in total. The van der Waals surface area contributed by atoms with Gasteiger partial charge in [-0.25, -0.2) is 9.98 Å². The van der Waals surface area contributed by atoms with Gasteiger partial charge >= 0.3 is 0 Å². The first-order chi connectivity index (χ1) is 13.6. The lowest BCUT2D eigenvalue weighted by Gasteiger charge is -2.25. The quantitative estimate of drug-likeness (QED) is 0.374. The maximum Gasteiger partial charge on any atom is 0.191 e. The Morgan fingerprint density at radius 3 is 2.68 bits per heavy atom. The first-order valence-corrected chi connectivity index (χ1v) is 9.33. The zero-order chi connectivity index (χ0) is 19.8. The topological polar surface area (TPSA) is 98.2 Å². The van der Waals surface area contributed by atoms with Gasteiger partial charge in [-0.15, -0.1) is 0 Å². The third-order valence-electron chi connectivity index (χ3n) is 4.38. The molecule has 0 radical (unpaired) electrons. The Hall–Kier alpha value is -3.19. The maximum atomic E-state index is 10.8. The zero-order valence-corrected chi connectivity index (χ0v) is 16.2. The summed E-state index contributed by atoms with van der Waals surface area (Å²) in [5, 5.41) is 24.0. The molecule has 7 heteroatoms. The van der Waals surface area contributed by atoms with Crippen LogP contribution < -0.4 is 10.6 Å². The summed E-state index contributed by atoms with van der Waals surface area (Å²) in [7, 11) is 0. The summed E-state index contributed by atoms with van der Waals surface area (Å²) in [4.78, 5) is 8.82. The van der Waals surface area contributed by atoms with E-state index in [0.29, 0.717) is 19.0 Å². The molecule has 0 saturated heterocycles. The van der Waals surface area contributed by atoms with E-state index in [1.54, 1.807) is 6.92 Å². The van der Waals surface area contributed by atoms with Crippen LogP contribution in [-0.4, -0.2) is 39.3 Å². The largest absolute Gasteiger partial charge is 0.384 e. The molecule has 0 saturated carbocycles. The Kier molecular flexibility index (Phi) is 6.39. The molecule has 0 bridgehead atoms. The van der Waals surface area contributed by atoms with Gasteiger partial charge in [0.25, 0.3) is 0 Å². The number of hydrogen-bond acceptors (Lipinski definition) is 4. The van der Waals surface area contributed by atoms with Gasteiger partial charge in [0, 0.05) is 12.1 Å². The molecule has 1 aromatic heterocycles. The van der Waals surface area contributed by atoms with E-state index in [4.69, 9.17) is 0 Å². The number of nitrogens with one attached hydrogen (secondary N) is 3. The van der Waals surface area contributed by atoms with Crippen molar-refractivity contribution < 1.29 is 5.11 Å². The van der Waals surface area contributed by atoms with Crippen molar-refractivity contribution in [3.63, 3.8) is 0 Å². The van der Waals surface area contributed by atoms with Crippen LogP contribution in [0, 0.1) is 0 Å². The molecule has 3 aromatic rings. The van der Waals surface area contributed by atoms with Gasteiger partial charge in [0.05, 0.1) is 13.1 Å². The van der Waals surface area contributed by atoms with Crippen LogP contribution in [0.4, 0.5) is 0 Å². The second-order valence-corrected chi connectivity index (χ2v) is 6.72. The van der Waals surface area contributed by atoms with E-state index in [2.05, 4.69) is 30.8 Å². The number of rotatable bonds is 7. The van der Waals surface area contributed by atoms with Gasteiger partial charge in [-0.3, -0.25) is 5.10 Å². The summed E-state index contributed by atoms with van der Waals surface area (Å²) in [6.07, 6.45) is 1.49. The molecule has 28 heavy (non-hydrogen) atoms. The van der Waals surface area contributed by atoms with Crippen molar-refractivity contribution in [2.24, 2.45) is 4.99 Å². The monoisotopic (exact) mass is 378 g/mol. The van der Waals surface area contributed by atoms with Crippen LogP contribution in [0.5, 0.6) is 0 Å². The van der Waals surface area contributed by atoms with Crippen molar-refractivity contribution in [2.75, 3.05) is 13.1 Å². The molecule has 0 aliphatic rings. The SMILES string of the molecule is CCNC(=NCc1cccc(-c2ncn[nH]2)c1)NCC(C)(O)c1ccccc1. The van der Waals surface area contributed by atoms with Crippen molar-refractivity contribution in [1.82, 2.24) is 25.8 Å². The van der Waals surface area contributed by atoms with E-state index in [1.165, 1.54) is 6.33 Å². The first kappa shape index (κ1) is 19.6. The highest BCUT2D eigenvalue weighted by atomic mass is 16.3. The van der Waals surface area contributed by atoms with Crippen LogP contribution in [0.3, 0.4) is 0 Å². The van der Waals surface area contributed by atoms with Crippen LogP contribution in [0.2, 0.25) is 0 Å². The molecule has 1 atom stereocenters. The molecule has 0 aliphatic carbocycles. The molecular weight excluding hydrogens is 352 g/mol. The number of aliphatic imine (C=N–C) groups is 1. The molecule has 0 aliphatic heterocycles. The van der Waals surface area contributed by atoms with Crippen molar-refractivity contribution >= 4 is 5.96 Å². The predicted molar refractivity (Wildman–Crippen MR) is 111 cm³/mol. The van der Waals surface area contributed by atoms with Gasteiger partial charge in [0.1, 0.15) is 11.9 Å². The number of H-pyrrole nitrogens is 1. The summed E-state index contributed by atoms with van der Waals surface area (Å²) in [5.74, 6) is 1.39. The molecule has 2 aromatic carbocycles. The number of nitrogens with zero attached hydrogens (tertiary/aromatic N) is 3. The first-order valence-electron chi connectivity index (χ1n) is 9.33. The summed E-state index contributed by atoms with van der Waals surface area (Å²) < 4.78 is 0. The van der Waals surface area contributed by atoms with Gasteiger partial charge < -0.3 is 15.7 Å². The summed E-state index contributed by atoms with van der Waals surface area (Å²) in [5.41, 5.74) is 1.89. The van der Waals surface area contributed by atoms with Crippen LogP contribution in [0.25, 0.3) is 11.4 Å². The average molecular weight is 378 g/mol. The zero-order valence-electron chi connectivity index (χ0n) is 16.2. The lowest BCUT2D eigenvalue weighted by Crippen LogP contribution is -2.44. The number of guanidine groups is 1. The van der Waals surface area contributed by atoms with Crippen molar-refractivity contribution in [3.05, 3.63) is 72.1 Å². The minimum absolute atomic E-state index is 0.348. The Balaban J connectivity index is 1.67. The number of aliphatic hydroxyl groups is 1. The fourth-order valence-electron chi connectivity index (χ4n) is 2.83. The maximum absolute atomic E-state index is 10.8. The molecule has 146 valence electrons. The second kappa shape index (κ2) is 9.14. The molecule has 1 heterocycles. The Morgan fingerprint density at radius 2 is 1.96 bits per heavy atom. The van der Waals surface area contributed by atoms with E-state index in [0.717, 1.165) is 29.1 Å². The fraction of sp³-hybridized carbons (Fsp3) is 0.286. The van der Waals surface area contributed by atoms with Gasteiger partial charge in [0.2, 0.25) is 0 Å². The van der Waals surface area contributed by atoms with Crippen LogP contribution in [0.15, 0.2) is 65.9 Å².